The Morgan fingerprint density at radius 1 is 0.618 bits per heavy atom. The highest BCUT2D eigenvalue weighted by molar-refractivity contribution is 7.89. The summed E-state index contributed by atoms with van der Waals surface area (Å²) in [6, 6.07) is 9.34. The molecule has 0 aromatic heterocycles. The van der Waals surface area contributed by atoms with Crippen molar-refractivity contribution >= 4 is 25.8 Å². The van der Waals surface area contributed by atoms with Crippen LogP contribution in [0.2, 0.25) is 0 Å². The van der Waals surface area contributed by atoms with Gasteiger partial charge in [0.1, 0.15) is 17.4 Å². The van der Waals surface area contributed by atoms with Crippen LogP contribution in [-0.2, 0) is 24.8 Å². The molecule has 11 heteroatoms. The van der Waals surface area contributed by atoms with Crippen molar-refractivity contribution in [3.8, 4) is 0 Å². The first kappa shape index (κ1) is 24.9. The van der Waals surface area contributed by atoms with E-state index >= 15 is 0 Å². The third-order valence-electron chi connectivity index (χ3n) is 6.62. The third kappa shape index (κ3) is 5.07. The van der Waals surface area contributed by atoms with E-state index in [1.165, 1.54) is 32.9 Å². The summed E-state index contributed by atoms with van der Waals surface area (Å²) < 4.78 is 80.0. The number of nitrogens with zero attached hydrogens (tertiary/aromatic N) is 2. The van der Waals surface area contributed by atoms with Crippen LogP contribution in [0.25, 0.3) is 0 Å². The molecule has 0 amide bonds. The second-order valence-electron chi connectivity index (χ2n) is 8.67. The van der Waals surface area contributed by atoms with Crippen molar-refractivity contribution in [1.29, 1.82) is 0 Å². The number of carbonyl (C=O) groups excluding carboxylic acids is 1. The Hall–Kier alpha value is -2.21. The normalized spacial score (nSPS) is 19.8. The summed E-state index contributed by atoms with van der Waals surface area (Å²) in [6.45, 7) is 0.809. The van der Waals surface area contributed by atoms with E-state index < -0.39 is 31.7 Å². The molecular weight excluding hydrogens is 486 g/mol. The maximum Gasteiger partial charge on any atom is 0.243 e. The first-order valence-corrected chi connectivity index (χ1v) is 14.0. The summed E-state index contributed by atoms with van der Waals surface area (Å²) in [5.74, 6) is -1.52. The molecule has 2 aliphatic rings. The maximum atomic E-state index is 13.1. The van der Waals surface area contributed by atoms with Gasteiger partial charge in [0.25, 0.3) is 0 Å². The van der Waals surface area contributed by atoms with Crippen molar-refractivity contribution in [3.05, 3.63) is 60.2 Å². The lowest BCUT2D eigenvalue weighted by molar-refractivity contribution is -0.129. The predicted molar refractivity (Wildman–Crippen MR) is 121 cm³/mol. The highest BCUT2D eigenvalue weighted by atomic mass is 32.2. The number of piperidine rings is 2. The lowest BCUT2D eigenvalue weighted by Crippen LogP contribution is -2.44. The fourth-order valence-corrected chi connectivity index (χ4v) is 7.55. The molecule has 2 heterocycles. The summed E-state index contributed by atoms with van der Waals surface area (Å²) >= 11 is 0. The number of carbonyl (C=O) groups is 1. The average molecular weight is 513 g/mol. The van der Waals surface area contributed by atoms with E-state index in [1.807, 2.05) is 0 Å². The lowest BCUT2D eigenvalue weighted by Gasteiger charge is -2.35. The van der Waals surface area contributed by atoms with E-state index in [0.29, 0.717) is 25.7 Å². The molecule has 2 aromatic rings. The highest BCUT2D eigenvalue weighted by Gasteiger charge is 2.37. The lowest BCUT2D eigenvalue weighted by atomic mass is 9.82. The van der Waals surface area contributed by atoms with Crippen LogP contribution in [-0.4, -0.2) is 57.4 Å². The van der Waals surface area contributed by atoms with Crippen LogP contribution in [0.5, 0.6) is 0 Å². The van der Waals surface area contributed by atoms with Gasteiger partial charge in [-0.1, -0.05) is 0 Å². The molecule has 0 atom stereocenters. The van der Waals surface area contributed by atoms with Gasteiger partial charge in [0.2, 0.25) is 20.0 Å². The van der Waals surface area contributed by atoms with Crippen molar-refractivity contribution in [2.45, 2.75) is 35.5 Å². The third-order valence-corrected chi connectivity index (χ3v) is 10.4. The molecular formula is C23H26F2N2O5S2. The molecule has 0 aliphatic carbocycles. The van der Waals surface area contributed by atoms with Crippen molar-refractivity contribution in [3.63, 3.8) is 0 Å². The van der Waals surface area contributed by atoms with E-state index in [0.717, 1.165) is 24.3 Å². The molecule has 2 aliphatic heterocycles. The molecule has 2 aromatic carbocycles. The molecule has 0 N–H and O–H groups in total. The van der Waals surface area contributed by atoms with Crippen molar-refractivity contribution in [2.75, 3.05) is 26.2 Å². The zero-order valence-electron chi connectivity index (χ0n) is 18.4. The summed E-state index contributed by atoms with van der Waals surface area (Å²) in [5.41, 5.74) is 0. The summed E-state index contributed by atoms with van der Waals surface area (Å²) in [6.07, 6.45) is 1.58. The Bertz CT molecular complexity index is 1140. The fraction of sp³-hybridized carbons (Fsp3) is 0.435. The molecule has 4 rings (SSSR count). The van der Waals surface area contributed by atoms with Gasteiger partial charge in [0.05, 0.1) is 9.79 Å². The van der Waals surface area contributed by atoms with Gasteiger partial charge in [0.15, 0.2) is 0 Å². The number of Topliss-reactive ketones (excluding diaryl/α,β-unsaturated/α-hetero) is 1. The van der Waals surface area contributed by atoms with Gasteiger partial charge in [-0.2, -0.15) is 8.61 Å². The predicted octanol–water partition coefficient (Wildman–Crippen LogP) is 3.04. The van der Waals surface area contributed by atoms with E-state index in [2.05, 4.69) is 0 Å². The molecule has 184 valence electrons. The Morgan fingerprint density at radius 2 is 0.912 bits per heavy atom. The zero-order chi connectivity index (χ0) is 24.5. The summed E-state index contributed by atoms with van der Waals surface area (Å²) in [4.78, 5) is 13.1. The maximum absolute atomic E-state index is 13.1. The molecule has 2 fully saturated rings. The number of halogens is 2. The van der Waals surface area contributed by atoms with Crippen LogP contribution < -0.4 is 0 Å². The van der Waals surface area contributed by atoms with Gasteiger partial charge < -0.3 is 0 Å². The van der Waals surface area contributed by atoms with Crippen LogP contribution >= 0.6 is 0 Å². The summed E-state index contributed by atoms with van der Waals surface area (Å²) in [5, 5.41) is 0. The number of ketones is 1. The summed E-state index contributed by atoms with van der Waals surface area (Å²) in [7, 11) is -7.49. The molecule has 0 unspecified atom stereocenters. The number of hydrogen-bond donors (Lipinski definition) is 0. The Morgan fingerprint density at radius 3 is 1.21 bits per heavy atom. The molecule has 0 saturated carbocycles. The van der Waals surface area contributed by atoms with Gasteiger partial charge in [-0.25, -0.2) is 25.6 Å². The van der Waals surface area contributed by atoms with E-state index in [-0.39, 0.29) is 53.6 Å². The zero-order valence-corrected chi connectivity index (χ0v) is 20.1. The van der Waals surface area contributed by atoms with Crippen LogP contribution in [0.4, 0.5) is 8.78 Å². The van der Waals surface area contributed by atoms with Crippen LogP contribution in [0.1, 0.15) is 25.7 Å². The van der Waals surface area contributed by atoms with Crippen molar-refractivity contribution < 1.29 is 30.4 Å². The van der Waals surface area contributed by atoms with Gasteiger partial charge in [-0.15, -0.1) is 0 Å². The van der Waals surface area contributed by atoms with Gasteiger partial charge in [-0.05, 0) is 74.2 Å². The van der Waals surface area contributed by atoms with Gasteiger partial charge in [0, 0.05) is 38.0 Å². The Kier molecular flexibility index (Phi) is 7.18. The molecule has 7 nitrogen and oxygen atoms in total. The molecule has 0 bridgehead atoms. The fourth-order valence-electron chi connectivity index (χ4n) is 4.61. The minimum Gasteiger partial charge on any atom is -0.299 e. The van der Waals surface area contributed by atoms with Crippen LogP contribution in [0, 0.1) is 23.5 Å². The number of benzene rings is 2. The number of rotatable bonds is 6. The van der Waals surface area contributed by atoms with Crippen LogP contribution in [0.3, 0.4) is 0 Å². The van der Waals surface area contributed by atoms with Crippen molar-refractivity contribution in [1.82, 2.24) is 8.61 Å². The second-order valence-corrected chi connectivity index (χ2v) is 12.5. The topological polar surface area (TPSA) is 91.8 Å². The largest absolute Gasteiger partial charge is 0.299 e. The minimum atomic E-state index is -3.75. The van der Waals surface area contributed by atoms with Crippen LogP contribution in [0.15, 0.2) is 58.3 Å². The second kappa shape index (κ2) is 9.80. The molecule has 34 heavy (non-hydrogen) atoms. The molecule has 0 radical (unpaired) electrons. The smallest absolute Gasteiger partial charge is 0.243 e. The Labute approximate surface area is 198 Å². The minimum absolute atomic E-state index is 0.0217. The first-order chi connectivity index (χ1) is 16.1. The molecule has 2 saturated heterocycles. The highest BCUT2D eigenvalue weighted by Crippen LogP contribution is 2.31. The van der Waals surface area contributed by atoms with Crippen molar-refractivity contribution in [2.24, 2.45) is 11.8 Å². The van der Waals surface area contributed by atoms with E-state index in [4.69, 9.17) is 0 Å². The first-order valence-electron chi connectivity index (χ1n) is 11.1. The monoisotopic (exact) mass is 512 g/mol. The quantitative estimate of drug-likeness (QED) is 0.593. The SMILES string of the molecule is O=C(C1CCN(S(=O)(=O)c2ccc(F)cc2)CC1)C1CCN(S(=O)(=O)c2ccc(F)cc2)CC1. The Balaban J connectivity index is 1.32. The molecule has 0 spiro atoms. The van der Waals surface area contributed by atoms with E-state index in [1.54, 1.807) is 0 Å². The van der Waals surface area contributed by atoms with E-state index in [9.17, 15) is 30.4 Å². The number of hydrogen-bond acceptors (Lipinski definition) is 5. The number of sulfonamides is 2. The van der Waals surface area contributed by atoms with Gasteiger partial charge in [-0.3, -0.25) is 4.79 Å². The standard InChI is InChI=1S/C23H26F2N2O5S2/c24-19-1-5-21(6-2-19)33(29,30)26-13-9-17(10-14-26)23(28)18-11-15-27(16-12-18)34(31,32)22-7-3-20(25)4-8-22/h1-8,17-18H,9-16H2. The average Bonchev–Trinajstić information content (AvgIpc) is 2.84. The van der Waals surface area contributed by atoms with Gasteiger partial charge >= 0.3 is 0 Å².